The second kappa shape index (κ2) is 13.7. The molecule has 0 amide bonds. The summed E-state index contributed by atoms with van der Waals surface area (Å²) in [5, 5.41) is 10.0. The monoisotopic (exact) mass is 518 g/mol. The van der Waals surface area contributed by atoms with Gasteiger partial charge in [0.05, 0.1) is 17.3 Å². The number of thiazole rings is 1. The van der Waals surface area contributed by atoms with E-state index in [1.54, 1.807) is 25.5 Å². The Hall–Kier alpha value is -1.39. The Kier molecular flexibility index (Phi) is 12.1. The van der Waals surface area contributed by atoms with E-state index in [9.17, 15) is 0 Å². The highest BCUT2D eigenvalue weighted by molar-refractivity contribution is 14.0. The molecule has 1 aromatic carbocycles. The number of aromatic nitrogens is 1. The van der Waals surface area contributed by atoms with Gasteiger partial charge in [0.2, 0.25) is 0 Å². The Morgan fingerprint density at radius 2 is 2.07 bits per heavy atom. The van der Waals surface area contributed by atoms with Gasteiger partial charge in [0, 0.05) is 44.6 Å². The molecule has 2 aromatic rings. The summed E-state index contributed by atoms with van der Waals surface area (Å²) >= 11 is 1.72. The molecule has 0 aliphatic rings. The molecule has 8 heteroatoms. The summed E-state index contributed by atoms with van der Waals surface area (Å²) in [5.41, 5.74) is 3.39. The predicted octanol–water partition coefficient (Wildman–Crippen LogP) is 3.56. The van der Waals surface area contributed by atoms with Gasteiger partial charge >= 0.3 is 0 Å². The smallest absolute Gasteiger partial charge is 0.191 e. The number of nitrogens with zero attached hydrogens (tertiary/aromatic N) is 2. The maximum atomic E-state index is 5.84. The van der Waals surface area contributed by atoms with Gasteiger partial charge in [-0.05, 0) is 25.0 Å². The van der Waals surface area contributed by atoms with Gasteiger partial charge in [0.1, 0.15) is 12.4 Å². The lowest BCUT2D eigenvalue weighted by atomic mass is 10.1. The molecule has 0 aliphatic heterocycles. The molecule has 0 unspecified atom stereocenters. The van der Waals surface area contributed by atoms with Gasteiger partial charge in [-0.1, -0.05) is 19.1 Å². The van der Waals surface area contributed by atoms with Crippen molar-refractivity contribution in [2.75, 3.05) is 33.9 Å². The van der Waals surface area contributed by atoms with Crippen LogP contribution in [0, 0.1) is 6.92 Å². The molecule has 0 radical (unpaired) electrons. The van der Waals surface area contributed by atoms with Crippen molar-refractivity contribution in [3.05, 3.63) is 45.4 Å². The Labute approximate surface area is 189 Å². The molecule has 0 saturated carbocycles. The fourth-order valence-electron chi connectivity index (χ4n) is 2.51. The third-order valence-electron chi connectivity index (χ3n) is 4.01. The van der Waals surface area contributed by atoms with E-state index >= 15 is 0 Å². The van der Waals surface area contributed by atoms with Crippen LogP contribution < -0.4 is 15.4 Å². The summed E-state index contributed by atoms with van der Waals surface area (Å²) in [6, 6.07) is 6.22. The van der Waals surface area contributed by atoms with Crippen LogP contribution >= 0.6 is 35.3 Å². The van der Waals surface area contributed by atoms with Crippen LogP contribution in [0.2, 0.25) is 0 Å². The molecule has 0 atom stereocenters. The van der Waals surface area contributed by atoms with Gasteiger partial charge in [0.15, 0.2) is 5.96 Å². The van der Waals surface area contributed by atoms with E-state index in [1.807, 2.05) is 0 Å². The maximum Gasteiger partial charge on any atom is 0.191 e. The third kappa shape index (κ3) is 8.32. The molecule has 2 rings (SSSR count). The minimum atomic E-state index is 0. The fourth-order valence-corrected chi connectivity index (χ4v) is 3.29. The summed E-state index contributed by atoms with van der Waals surface area (Å²) < 4.78 is 10.9. The van der Waals surface area contributed by atoms with E-state index < -0.39 is 0 Å². The normalized spacial score (nSPS) is 11.1. The van der Waals surface area contributed by atoms with Crippen molar-refractivity contribution >= 4 is 41.3 Å². The number of ether oxygens (including phenoxy) is 2. The lowest BCUT2D eigenvalue weighted by Gasteiger charge is -2.15. The lowest BCUT2D eigenvalue weighted by Crippen LogP contribution is -2.38. The molecule has 0 aliphatic carbocycles. The minimum absolute atomic E-state index is 0. The lowest BCUT2D eigenvalue weighted by molar-refractivity contribution is 0.145. The molecule has 2 N–H and O–H groups in total. The molecule has 6 nitrogen and oxygen atoms in total. The first-order valence-corrected chi connectivity index (χ1v) is 10.1. The zero-order valence-electron chi connectivity index (χ0n) is 17.1. The van der Waals surface area contributed by atoms with Gasteiger partial charge in [-0.2, -0.15) is 0 Å². The Bertz CT molecular complexity index is 737. The second-order valence-electron chi connectivity index (χ2n) is 6.14. The number of methoxy groups -OCH3 is 1. The maximum absolute atomic E-state index is 5.84. The predicted molar refractivity (Wildman–Crippen MR) is 127 cm³/mol. The third-order valence-corrected chi connectivity index (χ3v) is 5.05. The van der Waals surface area contributed by atoms with E-state index in [0.717, 1.165) is 42.4 Å². The van der Waals surface area contributed by atoms with Gasteiger partial charge < -0.3 is 20.1 Å². The van der Waals surface area contributed by atoms with E-state index in [2.05, 4.69) is 58.0 Å². The number of rotatable bonds is 10. The van der Waals surface area contributed by atoms with E-state index in [4.69, 9.17) is 9.47 Å². The zero-order chi connectivity index (χ0) is 19.5. The quantitative estimate of drug-likeness (QED) is 0.218. The molecule has 1 heterocycles. The van der Waals surface area contributed by atoms with Crippen LogP contribution in [0.5, 0.6) is 5.75 Å². The molecule has 156 valence electrons. The SMILES string of the molecule is CCc1nc(CCNC(=NC)NCc2ccc(C)cc2OCCOC)cs1.I. The van der Waals surface area contributed by atoms with Crippen LogP contribution in [-0.4, -0.2) is 44.9 Å². The second-order valence-corrected chi connectivity index (χ2v) is 7.08. The Balaban J connectivity index is 0.00000392. The number of benzene rings is 1. The fraction of sp³-hybridized carbons (Fsp3) is 0.500. The Morgan fingerprint density at radius 3 is 2.75 bits per heavy atom. The van der Waals surface area contributed by atoms with E-state index in [-0.39, 0.29) is 24.0 Å². The van der Waals surface area contributed by atoms with Crippen molar-refractivity contribution in [3.8, 4) is 5.75 Å². The summed E-state index contributed by atoms with van der Waals surface area (Å²) in [7, 11) is 3.45. The molecule has 0 fully saturated rings. The first-order valence-electron chi connectivity index (χ1n) is 9.25. The topological polar surface area (TPSA) is 67.8 Å². The number of hydrogen-bond acceptors (Lipinski definition) is 5. The first kappa shape index (κ1) is 24.6. The summed E-state index contributed by atoms with van der Waals surface area (Å²) in [4.78, 5) is 8.89. The van der Waals surface area contributed by atoms with Crippen molar-refractivity contribution in [1.82, 2.24) is 15.6 Å². The van der Waals surface area contributed by atoms with Crippen molar-refractivity contribution in [2.45, 2.75) is 33.2 Å². The average Bonchev–Trinajstić information content (AvgIpc) is 3.14. The van der Waals surface area contributed by atoms with Crippen LogP contribution in [0.3, 0.4) is 0 Å². The van der Waals surface area contributed by atoms with E-state index in [1.165, 1.54) is 10.6 Å². The largest absolute Gasteiger partial charge is 0.491 e. The Morgan fingerprint density at radius 1 is 1.25 bits per heavy atom. The molecule has 0 spiro atoms. The van der Waals surface area contributed by atoms with E-state index in [0.29, 0.717) is 19.8 Å². The van der Waals surface area contributed by atoms with Gasteiger partial charge in [-0.15, -0.1) is 35.3 Å². The average molecular weight is 518 g/mol. The number of halogens is 1. The molecule has 1 aromatic heterocycles. The minimum Gasteiger partial charge on any atom is -0.491 e. The van der Waals surface area contributed by atoms with Gasteiger partial charge in [0.25, 0.3) is 0 Å². The van der Waals surface area contributed by atoms with Crippen molar-refractivity contribution in [2.24, 2.45) is 4.99 Å². The number of hydrogen-bond donors (Lipinski definition) is 2. The molecule has 0 bridgehead atoms. The van der Waals surface area contributed by atoms with Crippen LogP contribution in [0.25, 0.3) is 0 Å². The van der Waals surface area contributed by atoms with Crippen LogP contribution in [0.1, 0.15) is 28.8 Å². The van der Waals surface area contributed by atoms with Gasteiger partial charge in [-0.3, -0.25) is 4.99 Å². The number of aliphatic imine (C=N–C) groups is 1. The zero-order valence-corrected chi connectivity index (χ0v) is 20.2. The molecule has 28 heavy (non-hydrogen) atoms. The highest BCUT2D eigenvalue weighted by atomic mass is 127. The molecule has 0 saturated heterocycles. The first-order chi connectivity index (χ1) is 13.2. The summed E-state index contributed by atoms with van der Waals surface area (Å²) in [6.07, 6.45) is 1.87. The summed E-state index contributed by atoms with van der Waals surface area (Å²) in [5.74, 6) is 1.65. The summed E-state index contributed by atoms with van der Waals surface area (Å²) in [6.45, 7) is 6.72. The molecular weight excluding hydrogens is 487 g/mol. The van der Waals surface area contributed by atoms with Crippen LogP contribution in [0.15, 0.2) is 28.6 Å². The highest BCUT2D eigenvalue weighted by Gasteiger charge is 2.06. The number of nitrogens with one attached hydrogen (secondary N) is 2. The van der Waals surface area contributed by atoms with Crippen molar-refractivity contribution in [3.63, 3.8) is 0 Å². The van der Waals surface area contributed by atoms with Crippen LogP contribution in [0.4, 0.5) is 0 Å². The number of guanidine groups is 1. The van der Waals surface area contributed by atoms with Crippen LogP contribution in [-0.2, 0) is 24.1 Å². The van der Waals surface area contributed by atoms with Crippen molar-refractivity contribution < 1.29 is 9.47 Å². The molecular formula is C20H31IN4O2S. The van der Waals surface area contributed by atoms with Gasteiger partial charge in [-0.25, -0.2) is 4.98 Å². The van der Waals surface area contributed by atoms with Crippen molar-refractivity contribution in [1.29, 1.82) is 0 Å². The highest BCUT2D eigenvalue weighted by Crippen LogP contribution is 2.20. The standard InChI is InChI=1S/C20H30N4O2S.HI/c1-5-19-24-17(14-27-19)8-9-22-20(21-3)23-13-16-7-6-15(2)12-18(16)26-11-10-25-4;/h6-7,12,14H,5,8-11,13H2,1-4H3,(H2,21,22,23);1H. The number of aryl methyl sites for hydroxylation is 2.